The van der Waals surface area contributed by atoms with Gasteiger partial charge in [-0.15, -0.1) is 13.2 Å². The number of alkyl halides is 3. The fraction of sp³-hybridized carbons (Fsp3) is 0.571. The van der Waals surface area contributed by atoms with Gasteiger partial charge < -0.3 is 15.0 Å². The van der Waals surface area contributed by atoms with Crippen LogP contribution in [0.15, 0.2) is 24.3 Å². The number of hydrogen-bond acceptors (Lipinski definition) is 3. The van der Waals surface area contributed by atoms with Crippen molar-refractivity contribution in [3.63, 3.8) is 0 Å². The maximum atomic E-state index is 12.3. The highest BCUT2D eigenvalue weighted by molar-refractivity contribution is 5.52. The number of hydrogen-bond donors (Lipinski definition) is 1. The lowest BCUT2D eigenvalue weighted by molar-refractivity contribution is -0.274. The van der Waals surface area contributed by atoms with Gasteiger partial charge in [0.25, 0.3) is 0 Å². The van der Waals surface area contributed by atoms with E-state index in [-0.39, 0.29) is 11.8 Å². The number of rotatable bonds is 3. The van der Waals surface area contributed by atoms with E-state index < -0.39 is 6.36 Å². The third-order valence-electron chi connectivity index (χ3n) is 3.47. The molecule has 0 aromatic heterocycles. The lowest BCUT2D eigenvalue weighted by atomic mass is 10.1. The van der Waals surface area contributed by atoms with Crippen molar-refractivity contribution in [1.82, 2.24) is 5.32 Å². The minimum atomic E-state index is -4.65. The van der Waals surface area contributed by atoms with Gasteiger partial charge in [0.2, 0.25) is 0 Å². The van der Waals surface area contributed by atoms with Crippen molar-refractivity contribution in [3.05, 3.63) is 24.3 Å². The first kappa shape index (κ1) is 15.0. The molecule has 0 saturated carbocycles. The lowest BCUT2D eigenvalue weighted by Gasteiger charge is -2.40. The van der Waals surface area contributed by atoms with Crippen LogP contribution in [0, 0.1) is 0 Å². The summed E-state index contributed by atoms with van der Waals surface area (Å²) < 4.78 is 40.8. The van der Waals surface area contributed by atoms with Crippen LogP contribution in [0.5, 0.6) is 5.75 Å². The van der Waals surface area contributed by atoms with Crippen molar-refractivity contribution in [3.8, 4) is 5.75 Å². The standard InChI is InChI=1S/C14H19F3N2O/c1-3-11-8-18-10(2)9-19(11)12-5-4-6-13(7-12)20-14(15,16)17/h4-7,10-11,18H,3,8-9H2,1-2H3. The molecule has 0 aliphatic carbocycles. The number of nitrogens with one attached hydrogen (secondary N) is 1. The Kier molecular flexibility index (Phi) is 4.42. The zero-order valence-electron chi connectivity index (χ0n) is 11.6. The average Bonchev–Trinajstić information content (AvgIpc) is 2.37. The quantitative estimate of drug-likeness (QED) is 0.924. The molecule has 20 heavy (non-hydrogen) atoms. The SMILES string of the molecule is CCC1CNC(C)CN1c1cccc(OC(F)(F)F)c1. The number of piperazine rings is 1. The Morgan fingerprint density at radius 2 is 2.15 bits per heavy atom. The second-order valence-electron chi connectivity index (χ2n) is 5.07. The molecule has 1 fully saturated rings. The maximum absolute atomic E-state index is 12.3. The molecule has 1 aromatic carbocycles. The van der Waals surface area contributed by atoms with E-state index >= 15 is 0 Å². The summed E-state index contributed by atoms with van der Waals surface area (Å²) in [5, 5.41) is 3.38. The van der Waals surface area contributed by atoms with Gasteiger partial charge in [-0.25, -0.2) is 0 Å². The summed E-state index contributed by atoms with van der Waals surface area (Å²) in [5.41, 5.74) is 0.770. The van der Waals surface area contributed by atoms with E-state index in [0.29, 0.717) is 6.04 Å². The Labute approximate surface area is 116 Å². The van der Waals surface area contributed by atoms with E-state index in [1.54, 1.807) is 6.07 Å². The monoisotopic (exact) mass is 288 g/mol. The molecule has 0 radical (unpaired) electrons. The van der Waals surface area contributed by atoms with Crippen LogP contribution < -0.4 is 15.0 Å². The van der Waals surface area contributed by atoms with Crippen LogP contribution in [0.3, 0.4) is 0 Å². The van der Waals surface area contributed by atoms with Gasteiger partial charge in [0, 0.05) is 36.9 Å². The second kappa shape index (κ2) is 5.91. The highest BCUT2D eigenvalue weighted by Crippen LogP contribution is 2.29. The predicted octanol–water partition coefficient (Wildman–Crippen LogP) is 3.16. The molecular weight excluding hydrogens is 269 g/mol. The maximum Gasteiger partial charge on any atom is 0.573 e. The third-order valence-corrected chi connectivity index (χ3v) is 3.47. The zero-order valence-corrected chi connectivity index (χ0v) is 11.6. The smallest absolute Gasteiger partial charge is 0.406 e. The molecule has 6 heteroatoms. The van der Waals surface area contributed by atoms with Gasteiger partial charge in [-0.1, -0.05) is 13.0 Å². The molecule has 1 N–H and O–H groups in total. The van der Waals surface area contributed by atoms with E-state index in [1.807, 2.05) is 6.07 Å². The minimum Gasteiger partial charge on any atom is -0.406 e. The van der Waals surface area contributed by atoms with E-state index in [1.165, 1.54) is 12.1 Å². The second-order valence-corrected chi connectivity index (χ2v) is 5.07. The van der Waals surface area contributed by atoms with E-state index in [0.717, 1.165) is 25.2 Å². The van der Waals surface area contributed by atoms with Crippen molar-refractivity contribution in [2.24, 2.45) is 0 Å². The van der Waals surface area contributed by atoms with Crippen LogP contribution in [0.2, 0.25) is 0 Å². The molecule has 2 atom stereocenters. The van der Waals surface area contributed by atoms with Crippen molar-refractivity contribution >= 4 is 5.69 Å². The van der Waals surface area contributed by atoms with Gasteiger partial charge in [0.15, 0.2) is 0 Å². The first-order valence-corrected chi connectivity index (χ1v) is 6.75. The molecule has 2 rings (SSSR count). The first-order chi connectivity index (χ1) is 9.39. The fourth-order valence-electron chi connectivity index (χ4n) is 2.50. The summed E-state index contributed by atoms with van der Waals surface area (Å²) >= 11 is 0. The summed E-state index contributed by atoms with van der Waals surface area (Å²) in [7, 11) is 0. The summed E-state index contributed by atoms with van der Waals surface area (Å²) in [4.78, 5) is 2.14. The molecule has 2 unspecified atom stereocenters. The Morgan fingerprint density at radius 1 is 1.40 bits per heavy atom. The molecular formula is C14H19F3N2O. The number of halogens is 3. The Morgan fingerprint density at radius 3 is 2.80 bits per heavy atom. The van der Waals surface area contributed by atoms with E-state index in [4.69, 9.17) is 0 Å². The van der Waals surface area contributed by atoms with Gasteiger partial charge in [0.05, 0.1) is 0 Å². The van der Waals surface area contributed by atoms with Gasteiger partial charge in [0.1, 0.15) is 5.75 Å². The van der Waals surface area contributed by atoms with E-state index in [9.17, 15) is 13.2 Å². The van der Waals surface area contributed by atoms with Gasteiger partial charge >= 0.3 is 6.36 Å². The van der Waals surface area contributed by atoms with Gasteiger partial charge in [-0.05, 0) is 25.5 Å². The van der Waals surface area contributed by atoms with Crippen molar-refractivity contribution in [2.75, 3.05) is 18.0 Å². The molecule has 1 aliphatic rings. The summed E-state index contributed by atoms with van der Waals surface area (Å²) in [5.74, 6) is -0.170. The predicted molar refractivity (Wildman–Crippen MR) is 72.0 cm³/mol. The lowest BCUT2D eigenvalue weighted by Crippen LogP contribution is -2.55. The van der Waals surface area contributed by atoms with Crippen LogP contribution in [0.4, 0.5) is 18.9 Å². The first-order valence-electron chi connectivity index (χ1n) is 6.75. The zero-order chi connectivity index (χ0) is 14.8. The third kappa shape index (κ3) is 3.79. The number of benzene rings is 1. The van der Waals surface area contributed by atoms with Crippen LogP contribution in [0.25, 0.3) is 0 Å². The normalized spacial score (nSPS) is 23.8. The molecule has 1 saturated heterocycles. The molecule has 112 valence electrons. The van der Waals surface area contributed by atoms with Crippen LogP contribution in [0.1, 0.15) is 20.3 Å². The molecule has 1 aromatic rings. The highest BCUT2D eigenvalue weighted by atomic mass is 19.4. The van der Waals surface area contributed by atoms with Gasteiger partial charge in [-0.2, -0.15) is 0 Å². The summed E-state index contributed by atoms with van der Waals surface area (Å²) in [6.07, 6.45) is -3.72. The Hall–Kier alpha value is -1.43. The molecule has 0 amide bonds. The van der Waals surface area contributed by atoms with Crippen LogP contribution in [-0.4, -0.2) is 31.5 Å². The minimum absolute atomic E-state index is 0.170. The highest BCUT2D eigenvalue weighted by Gasteiger charge is 2.31. The summed E-state index contributed by atoms with van der Waals surface area (Å²) in [6.45, 7) is 5.75. The topological polar surface area (TPSA) is 24.5 Å². The Balaban J connectivity index is 2.20. The van der Waals surface area contributed by atoms with Crippen LogP contribution in [-0.2, 0) is 0 Å². The number of nitrogens with zero attached hydrogens (tertiary/aromatic N) is 1. The van der Waals surface area contributed by atoms with E-state index in [2.05, 4.69) is 28.8 Å². The Bertz CT molecular complexity index is 450. The largest absolute Gasteiger partial charge is 0.573 e. The van der Waals surface area contributed by atoms with Crippen LogP contribution >= 0.6 is 0 Å². The average molecular weight is 288 g/mol. The van der Waals surface area contributed by atoms with Crippen molar-refractivity contribution < 1.29 is 17.9 Å². The molecule has 1 aliphatic heterocycles. The molecule has 0 bridgehead atoms. The molecule has 1 heterocycles. The van der Waals surface area contributed by atoms with Gasteiger partial charge in [-0.3, -0.25) is 0 Å². The molecule has 3 nitrogen and oxygen atoms in total. The fourth-order valence-corrected chi connectivity index (χ4v) is 2.50. The van der Waals surface area contributed by atoms with Crippen molar-refractivity contribution in [2.45, 2.75) is 38.7 Å². The number of ether oxygens (including phenoxy) is 1. The number of anilines is 1. The van der Waals surface area contributed by atoms with Crippen molar-refractivity contribution in [1.29, 1.82) is 0 Å². The molecule has 0 spiro atoms. The summed E-state index contributed by atoms with van der Waals surface area (Å²) in [6, 6.07) is 6.79.